The third-order valence-corrected chi connectivity index (χ3v) is 5.59. The van der Waals surface area contributed by atoms with Crippen molar-refractivity contribution in [1.29, 1.82) is 0 Å². The Kier molecular flexibility index (Phi) is 6.22. The molecule has 1 atom stereocenters. The van der Waals surface area contributed by atoms with Crippen molar-refractivity contribution in [2.75, 3.05) is 13.7 Å². The van der Waals surface area contributed by atoms with Crippen molar-refractivity contribution < 1.29 is 14.0 Å². The van der Waals surface area contributed by atoms with Gasteiger partial charge in [0.2, 0.25) is 5.89 Å². The number of aryl methyl sites for hydroxylation is 1. The molecule has 9 heteroatoms. The van der Waals surface area contributed by atoms with Gasteiger partial charge in [-0.15, -0.1) is 10.2 Å². The molecule has 0 aliphatic carbocycles. The molecule has 0 N–H and O–H groups in total. The number of hydrogen-bond donors (Lipinski definition) is 0. The minimum Gasteiger partial charge on any atom is -0.497 e. The fourth-order valence-electron chi connectivity index (χ4n) is 3.05. The van der Waals surface area contributed by atoms with E-state index in [1.807, 2.05) is 66.9 Å². The molecule has 8 nitrogen and oxygen atoms in total. The lowest BCUT2D eigenvalue weighted by Gasteiger charge is -2.13. The summed E-state index contributed by atoms with van der Waals surface area (Å²) >= 11 is 1.51. The van der Waals surface area contributed by atoms with Gasteiger partial charge in [-0.1, -0.05) is 16.9 Å². The van der Waals surface area contributed by atoms with E-state index < -0.39 is 0 Å². The molecule has 2 aromatic heterocycles. The van der Waals surface area contributed by atoms with Crippen LogP contribution in [0.2, 0.25) is 0 Å². The van der Waals surface area contributed by atoms with Crippen molar-refractivity contribution in [3.05, 3.63) is 60.2 Å². The number of benzene rings is 2. The third kappa shape index (κ3) is 4.56. The van der Waals surface area contributed by atoms with Crippen LogP contribution in [0.1, 0.15) is 30.8 Å². The molecular weight excluding hydrogens is 414 g/mol. The monoisotopic (exact) mass is 437 g/mol. The molecule has 2 heterocycles. The summed E-state index contributed by atoms with van der Waals surface area (Å²) in [5, 5.41) is 13.5. The van der Waals surface area contributed by atoms with Gasteiger partial charge < -0.3 is 14.0 Å². The van der Waals surface area contributed by atoms with Crippen LogP contribution in [-0.2, 0) is 0 Å². The topological polar surface area (TPSA) is 88.1 Å². The van der Waals surface area contributed by atoms with Crippen LogP contribution in [-0.4, -0.2) is 38.6 Å². The van der Waals surface area contributed by atoms with Gasteiger partial charge in [-0.3, -0.25) is 4.57 Å². The van der Waals surface area contributed by atoms with Gasteiger partial charge in [-0.25, -0.2) is 0 Å². The number of methoxy groups -OCH3 is 1. The number of ether oxygens (including phenoxy) is 2. The van der Waals surface area contributed by atoms with Crippen LogP contribution in [0.25, 0.3) is 17.1 Å². The third-order valence-electron chi connectivity index (χ3n) is 4.56. The van der Waals surface area contributed by atoms with E-state index in [0.717, 1.165) is 33.7 Å². The van der Waals surface area contributed by atoms with Crippen molar-refractivity contribution in [2.24, 2.45) is 0 Å². The van der Waals surface area contributed by atoms with E-state index in [2.05, 4.69) is 20.3 Å². The van der Waals surface area contributed by atoms with Crippen LogP contribution >= 0.6 is 11.8 Å². The molecule has 160 valence electrons. The number of rotatable bonds is 8. The van der Waals surface area contributed by atoms with Crippen molar-refractivity contribution in [3.8, 4) is 28.6 Å². The smallest absolute Gasteiger partial charge is 0.239 e. The lowest BCUT2D eigenvalue weighted by atomic mass is 10.2. The quantitative estimate of drug-likeness (QED) is 0.360. The minimum atomic E-state index is -0.0874. The Morgan fingerprint density at radius 2 is 1.74 bits per heavy atom. The molecule has 1 unspecified atom stereocenters. The average molecular weight is 438 g/mol. The molecule has 4 aromatic rings. The molecule has 31 heavy (non-hydrogen) atoms. The maximum Gasteiger partial charge on any atom is 0.239 e. The Hall–Kier alpha value is -3.33. The van der Waals surface area contributed by atoms with Crippen LogP contribution in [0.4, 0.5) is 0 Å². The highest BCUT2D eigenvalue weighted by atomic mass is 32.2. The lowest BCUT2D eigenvalue weighted by Crippen LogP contribution is -2.01. The van der Waals surface area contributed by atoms with Crippen LogP contribution in [0.3, 0.4) is 0 Å². The first-order valence-corrected chi connectivity index (χ1v) is 10.8. The summed E-state index contributed by atoms with van der Waals surface area (Å²) < 4.78 is 18.2. The highest BCUT2D eigenvalue weighted by Crippen LogP contribution is 2.36. The number of hydrogen-bond acceptors (Lipinski definition) is 8. The zero-order valence-electron chi connectivity index (χ0n) is 17.8. The largest absolute Gasteiger partial charge is 0.497 e. The molecule has 0 saturated heterocycles. The second-order valence-corrected chi connectivity index (χ2v) is 8.04. The molecule has 0 bridgehead atoms. The summed E-state index contributed by atoms with van der Waals surface area (Å²) in [6, 6.07) is 15.6. The lowest BCUT2D eigenvalue weighted by molar-refractivity contribution is 0.340. The molecule has 0 fully saturated rings. The van der Waals surface area contributed by atoms with E-state index in [1.165, 1.54) is 11.8 Å². The molecule has 4 rings (SSSR count). The zero-order valence-corrected chi connectivity index (χ0v) is 18.6. The normalized spacial score (nSPS) is 12.0. The standard InChI is InChI=1S/C22H23N5O3S/c1-5-29-19-12-8-17(9-13-19)27-20(16-6-10-18(28-4)11-7-16)24-25-22(27)31-14(2)21-23-15(3)26-30-21/h6-14H,5H2,1-4H3. The Labute approximate surface area is 184 Å². The molecule has 0 aliphatic rings. The van der Waals surface area contributed by atoms with E-state index in [4.69, 9.17) is 14.0 Å². The first-order valence-electron chi connectivity index (χ1n) is 9.89. The second-order valence-electron chi connectivity index (χ2n) is 6.74. The number of nitrogens with zero attached hydrogens (tertiary/aromatic N) is 5. The van der Waals surface area contributed by atoms with Gasteiger partial charge in [0.25, 0.3) is 0 Å². The highest BCUT2D eigenvalue weighted by Gasteiger charge is 2.22. The van der Waals surface area contributed by atoms with Gasteiger partial charge in [0, 0.05) is 11.3 Å². The summed E-state index contributed by atoms with van der Waals surface area (Å²) in [7, 11) is 1.65. The zero-order chi connectivity index (χ0) is 21.8. The highest BCUT2D eigenvalue weighted by molar-refractivity contribution is 7.99. The Bertz CT molecular complexity index is 1140. The van der Waals surface area contributed by atoms with Crippen LogP contribution < -0.4 is 9.47 Å². The van der Waals surface area contributed by atoms with Crippen molar-refractivity contribution >= 4 is 11.8 Å². The van der Waals surface area contributed by atoms with Gasteiger partial charge in [0.05, 0.1) is 19.0 Å². The predicted octanol–water partition coefficient (Wildman–Crippen LogP) is 4.89. The Morgan fingerprint density at radius 1 is 1.03 bits per heavy atom. The summed E-state index contributed by atoms with van der Waals surface area (Å²) in [4.78, 5) is 4.34. The van der Waals surface area contributed by atoms with Crippen LogP contribution in [0.5, 0.6) is 11.5 Å². The fourth-order valence-corrected chi connectivity index (χ4v) is 3.95. The summed E-state index contributed by atoms with van der Waals surface area (Å²) in [6.07, 6.45) is 0. The number of thioether (sulfide) groups is 1. The predicted molar refractivity (Wildman–Crippen MR) is 118 cm³/mol. The van der Waals surface area contributed by atoms with Gasteiger partial charge in [0.1, 0.15) is 11.5 Å². The molecule has 0 saturated carbocycles. The van der Waals surface area contributed by atoms with E-state index in [0.29, 0.717) is 18.3 Å². The van der Waals surface area contributed by atoms with E-state index in [9.17, 15) is 0 Å². The van der Waals surface area contributed by atoms with Crippen molar-refractivity contribution in [2.45, 2.75) is 31.2 Å². The first-order chi connectivity index (χ1) is 15.1. The maximum absolute atomic E-state index is 5.59. The molecule has 0 radical (unpaired) electrons. The molecule has 2 aromatic carbocycles. The molecule has 0 spiro atoms. The number of aromatic nitrogens is 5. The Balaban J connectivity index is 1.74. The first kappa shape index (κ1) is 20.9. The van der Waals surface area contributed by atoms with E-state index in [1.54, 1.807) is 14.0 Å². The molecular formula is C22H23N5O3S. The van der Waals surface area contributed by atoms with Gasteiger partial charge in [0.15, 0.2) is 16.8 Å². The van der Waals surface area contributed by atoms with Crippen molar-refractivity contribution in [1.82, 2.24) is 24.9 Å². The van der Waals surface area contributed by atoms with E-state index in [-0.39, 0.29) is 5.25 Å². The SMILES string of the molecule is CCOc1ccc(-n2c(SC(C)c3nc(C)no3)nnc2-c2ccc(OC)cc2)cc1. The van der Waals surface area contributed by atoms with Gasteiger partial charge in [-0.2, -0.15) is 4.98 Å². The second kappa shape index (κ2) is 9.22. The maximum atomic E-state index is 5.59. The van der Waals surface area contributed by atoms with Crippen LogP contribution in [0, 0.1) is 6.92 Å². The Morgan fingerprint density at radius 3 is 2.35 bits per heavy atom. The van der Waals surface area contributed by atoms with Crippen molar-refractivity contribution in [3.63, 3.8) is 0 Å². The average Bonchev–Trinajstić information content (AvgIpc) is 3.41. The molecule has 0 aliphatic heterocycles. The molecule has 0 amide bonds. The fraction of sp³-hybridized carbons (Fsp3) is 0.273. The minimum absolute atomic E-state index is 0.0874. The summed E-state index contributed by atoms with van der Waals surface area (Å²) in [5.41, 5.74) is 1.85. The van der Waals surface area contributed by atoms with E-state index >= 15 is 0 Å². The summed E-state index contributed by atoms with van der Waals surface area (Å²) in [5.74, 6) is 3.48. The summed E-state index contributed by atoms with van der Waals surface area (Å²) in [6.45, 7) is 6.38. The van der Waals surface area contributed by atoms with Gasteiger partial charge >= 0.3 is 0 Å². The van der Waals surface area contributed by atoms with Gasteiger partial charge in [-0.05, 0) is 69.3 Å². The van der Waals surface area contributed by atoms with Crippen LogP contribution in [0.15, 0.2) is 58.2 Å².